The molecule has 2 heterocycles. The molecule has 0 aromatic rings. The topological polar surface area (TPSA) is 100 Å². The van der Waals surface area contributed by atoms with E-state index in [9.17, 15) is 14.4 Å². The van der Waals surface area contributed by atoms with Gasteiger partial charge in [0.05, 0.1) is 0 Å². The Labute approximate surface area is 189 Å². The fourth-order valence-electron chi connectivity index (χ4n) is 4.60. The van der Waals surface area contributed by atoms with Crippen molar-refractivity contribution in [3.05, 3.63) is 0 Å². The average Bonchev–Trinajstić information content (AvgIpc) is 2.97. The van der Waals surface area contributed by atoms with Gasteiger partial charge in [-0.25, -0.2) is 5.43 Å². The van der Waals surface area contributed by atoms with E-state index in [2.05, 4.69) is 22.8 Å². The van der Waals surface area contributed by atoms with E-state index in [4.69, 9.17) is 4.74 Å². The smallest absolute Gasteiger partial charge is 0.309 e. The molecule has 2 N–H and O–H groups in total. The third-order valence-electron chi connectivity index (χ3n) is 6.75. The Hall–Kier alpha value is -1.61. The minimum atomic E-state index is -0.822. The van der Waals surface area contributed by atoms with E-state index < -0.39 is 17.7 Å². The third kappa shape index (κ3) is 6.44. The molecule has 31 heavy (non-hydrogen) atoms. The highest BCUT2D eigenvalue weighted by Gasteiger charge is 2.36. The molecule has 0 aromatic heterocycles. The molecule has 1 saturated carbocycles. The first-order valence-corrected chi connectivity index (χ1v) is 12.7. The summed E-state index contributed by atoms with van der Waals surface area (Å²) in [5, 5.41) is 7.84. The van der Waals surface area contributed by atoms with Crippen LogP contribution in [0.1, 0.15) is 64.7 Å². The number of hydrogen-bond donors (Lipinski definition) is 2. The molecule has 3 aliphatic rings. The molecule has 0 radical (unpaired) electrons. The van der Waals surface area contributed by atoms with Crippen LogP contribution in [0.3, 0.4) is 0 Å². The first kappa shape index (κ1) is 24.0. The Morgan fingerprint density at radius 1 is 1.13 bits per heavy atom. The van der Waals surface area contributed by atoms with Gasteiger partial charge in [0.15, 0.2) is 5.17 Å². The van der Waals surface area contributed by atoms with Crippen LogP contribution in [0.4, 0.5) is 0 Å². The average molecular weight is 453 g/mol. The number of hydrogen-bond acceptors (Lipinski definition) is 6. The maximum atomic E-state index is 13.1. The van der Waals surface area contributed by atoms with Gasteiger partial charge in [-0.15, -0.1) is 5.10 Å². The van der Waals surface area contributed by atoms with E-state index in [1.54, 1.807) is 11.8 Å². The van der Waals surface area contributed by atoms with Crippen LogP contribution in [-0.2, 0) is 19.1 Å². The summed E-state index contributed by atoms with van der Waals surface area (Å²) in [4.78, 5) is 40.7. The quantitative estimate of drug-likeness (QED) is 0.349. The highest BCUT2D eigenvalue weighted by atomic mass is 32.2. The van der Waals surface area contributed by atoms with Gasteiger partial charge in [-0.3, -0.25) is 14.4 Å². The number of nitrogens with zero attached hydrogens (tertiary/aromatic N) is 2. The fourth-order valence-corrected chi connectivity index (χ4v) is 5.86. The van der Waals surface area contributed by atoms with Crippen molar-refractivity contribution in [1.82, 2.24) is 15.6 Å². The van der Waals surface area contributed by atoms with Crippen LogP contribution in [0.15, 0.2) is 5.10 Å². The third-order valence-corrected chi connectivity index (χ3v) is 7.93. The summed E-state index contributed by atoms with van der Waals surface area (Å²) in [5.74, 6) is -0.728. The molecule has 3 fully saturated rings. The lowest BCUT2D eigenvalue weighted by Gasteiger charge is -2.30. The second-order valence-corrected chi connectivity index (χ2v) is 9.80. The minimum Gasteiger partial charge on any atom is -0.381 e. The number of amides is 2. The van der Waals surface area contributed by atoms with Crippen LogP contribution in [0, 0.1) is 11.8 Å². The number of nitrogens with one attached hydrogen (secondary N) is 2. The van der Waals surface area contributed by atoms with Gasteiger partial charge in [-0.05, 0) is 38.0 Å². The van der Waals surface area contributed by atoms with Crippen LogP contribution >= 0.6 is 11.8 Å². The Morgan fingerprint density at radius 3 is 2.42 bits per heavy atom. The number of Topliss-reactive ketones (excluding diaryl/α,β-unsaturated/α-hetero) is 1. The molecule has 0 aromatic carbocycles. The second kappa shape index (κ2) is 11.9. The zero-order chi connectivity index (χ0) is 22.2. The Morgan fingerprint density at radius 2 is 1.81 bits per heavy atom. The van der Waals surface area contributed by atoms with Crippen molar-refractivity contribution in [3.8, 4) is 0 Å². The first-order valence-electron chi connectivity index (χ1n) is 11.7. The predicted octanol–water partition coefficient (Wildman–Crippen LogP) is 2.28. The van der Waals surface area contributed by atoms with Crippen LogP contribution in [0.25, 0.3) is 0 Å². The molecular formula is C22H36N4O4S. The SMILES string of the molecule is CC[C@@H]1CS/C(=N\NC(=O)C(=O)C(NC(=O)C2CCCCCC2)C2CCOCC2)N1C. The number of ether oxygens (including phenoxy) is 1. The minimum absolute atomic E-state index is 0.0736. The summed E-state index contributed by atoms with van der Waals surface area (Å²) in [6.45, 7) is 3.19. The van der Waals surface area contributed by atoms with E-state index in [0.717, 1.165) is 50.7 Å². The maximum absolute atomic E-state index is 13.1. The first-order chi connectivity index (χ1) is 15.0. The van der Waals surface area contributed by atoms with Crippen molar-refractivity contribution in [1.29, 1.82) is 0 Å². The second-order valence-electron chi connectivity index (χ2n) is 8.81. The zero-order valence-electron chi connectivity index (χ0n) is 18.7. The molecule has 2 aliphatic heterocycles. The van der Waals surface area contributed by atoms with Gasteiger partial charge >= 0.3 is 5.91 Å². The molecule has 9 heteroatoms. The summed E-state index contributed by atoms with van der Waals surface area (Å²) in [6.07, 6.45) is 8.38. The number of rotatable bonds is 7. The lowest BCUT2D eigenvalue weighted by Crippen LogP contribution is -2.53. The van der Waals surface area contributed by atoms with Gasteiger partial charge in [0.2, 0.25) is 11.7 Å². The summed E-state index contributed by atoms with van der Waals surface area (Å²) < 4.78 is 5.42. The zero-order valence-corrected chi connectivity index (χ0v) is 19.5. The Balaban J connectivity index is 1.65. The van der Waals surface area contributed by atoms with E-state index in [1.165, 1.54) is 0 Å². The molecule has 3 rings (SSSR count). The van der Waals surface area contributed by atoms with Crippen LogP contribution in [-0.4, -0.2) is 65.8 Å². The van der Waals surface area contributed by atoms with Crippen molar-refractivity contribution < 1.29 is 19.1 Å². The highest BCUT2D eigenvalue weighted by Crippen LogP contribution is 2.26. The van der Waals surface area contributed by atoms with Crippen molar-refractivity contribution >= 4 is 34.5 Å². The van der Waals surface area contributed by atoms with Crippen molar-refractivity contribution in [2.75, 3.05) is 26.0 Å². The summed E-state index contributed by atoms with van der Waals surface area (Å²) in [7, 11) is 1.94. The van der Waals surface area contributed by atoms with Gasteiger partial charge in [0.1, 0.15) is 6.04 Å². The van der Waals surface area contributed by atoms with E-state index >= 15 is 0 Å². The number of carbonyl (C=O) groups excluding carboxylic acids is 3. The summed E-state index contributed by atoms with van der Waals surface area (Å²) in [6, 6.07) is -0.442. The molecule has 174 valence electrons. The predicted molar refractivity (Wildman–Crippen MR) is 122 cm³/mol. The van der Waals surface area contributed by atoms with Crippen LogP contribution in [0.2, 0.25) is 0 Å². The number of thioether (sulfide) groups is 1. The van der Waals surface area contributed by atoms with Gasteiger partial charge in [-0.1, -0.05) is 44.4 Å². The highest BCUT2D eigenvalue weighted by molar-refractivity contribution is 8.14. The maximum Gasteiger partial charge on any atom is 0.309 e. The molecular weight excluding hydrogens is 416 g/mol. The molecule has 2 saturated heterocycles. The number of carbonyl (C=O) groups is 3. The lowest BCUT2D eigenvalue weighted by molar-refractivity contribution is -0.142. The Kier molecular flexibility index (Phi) is 9.19. The van der Waals surface area contributed by atoms with Crippen molar-refractivity contribution in [3.63, 3.8) is 0 Å². The standard InChI is InChI=1S/C22H36N4O4S/c1-3-17-14-31-22(26(17)2)25-24-21(29)19(27)18(15-10-12-30-13-11-15)23-20(28)16-8-6-4-5-7-9-16/h15-18H,3-14H2,1-2H3,(H,23,28)(H,24,29)/b25-22-/t17-,18?/m1/s1. The number of amidine groups is 1. The molecule has 0 bridgehead atoms. The van der Waals surface area contributed by atoms with E-state index in [-0.39, 0.29) is 17.7 Å². The monoisotopic (exact) mass is 452 g/mol. The van der Waals surface area contributed by atoms with Crippen LogP contribution < -0.4 is 10.7 Å². The molecule has 8 nitrogen and oxygen atoms in total. The largest absolute Gasteiger partial charge is 0.381 e. The van der Waals surface area contributed by atoms with Crippen molar-refractivity contribution in [2.24, 2.45) is 16.9 Å². The molecule has 0 spiro atoms. The van der Waals surface area contributed by atoms with Gasteiger partial charge in [-0.2, -0.15) is 0 Å². The van der Waals surface area contributed by atoms with Crippen molar-refractivity contribution in [2.45, 2.75) is 76.8 Å². The van der Waals surface area contributed by atoms with Gasteiger partial charge in [0.25, 0.3) is 0 Å². The van der Waals surface area contributed by atoms with E-state index in [1.807, 2.05) is 11.9 Å². The molecule has 1 unspecified atom stereocenters. The lowest BCUT2D eigenvalue weighted by atomic mass is 9.87. The van der Waals surface area contributed by atoms with Gasteiger partial charge in [0, 0.05) is 38.0 Å². The van der Waals surface area contributed by atoms with E-state index in [0.29, 0.717) is 37.3 Å². The summed E-state index contributed by atoms with van der Waals surface area (Å²) >= 11 is 1.57. The normalized spacial score (nSPS) is 25.8. The molecule has 2 atom stereocenters. The summed E-state index contributed by atoms with van der Waals surface area (Å²) in [5.41, 5.74) is 2.44. The molecule has 1 aliphatic carbocycles. The Bertz CT molecular complexity index is 672. The number of hydrazone groups is 1. The molecule has 2 amide bonds. The van der Waals surface area contributed by atoms with Crippen LogP contribution in [0.5, 0.6) is 0 Å². The van der Waals surface area contributed by atoms with Gasteiger partial charge < -0.3 is 15.0 Å². The fraction of sp³-hybridized carbons (Fsp3) is 0.818. The number of ketones is 1.